The van der Waals surface area contributed by atoms with Crippen molar-refractivity contribution < 1.29 is 5.11 Å². The van der Waals surface area contributed by atoms with E-state index in [1.807, 2.05) is 29.7 Å². The lowest BCUT2D eigenvalue weighted by Gasteiger charge is -2.04. The molecule has 0 unspecified atom stereocenters. The minimum absolute atomic E-state index is 0.118. The maximum absolute atomic E-state index is 9.01. The highest BCUT2D eigenvalue weighted by atomic mass is 16.3. The molecule has 0 amide bonds. The molecule has 2 rings (SSSR count). The predicted molar refractivity (Wildman–Crippen MR) is 60.6 cm³/mol. The van der Waals surface area contributed by atoms with Crippen LogP contribution < -0.4 is 5.73 Å². The predicted octanol–water partition coefficient (Wildman–Crippen LogP) is 1.17. The van der Waals surface area contributed by atoms with Gasteiger partial charge in [-0.15, -0.1) is 0 Å². The van der Waals surface area contributed by atoms with E-state index in [1.54, 1.807) is 0 Å². The molecule has 0 aliphatic heterocycles. The number of aliphatic hydroxyl groups excluding tert-OH is 1. The van der Waals surface area contributed by atoms with Crippen LogP contribution in [0.1, 0.15) is 12.7 Å². The fourth-order valence-corrected chi connectivity index (χ4v) is 1.84. The summed E-state index contributed by atoms with van der Waals surface area (Å²) in [6.07, 6.45) is 0.841. The number of rotatable bonds is 3. The van der Waals surface area contributed by atoms with Crippen LogP contribution in [0.4, 0.5) is 5.69 Å². The summed E-state index contributed by atoms with van der Waals surface area (Å²) < 4.78 is 2.02. The molecule has 0 saturated carbocycles. The summed E-state index contributed by atoms with van der Waals surface area (Å²) in [5.41, 5.74) is 8.38. The zero-order chi connectivity index (χ0) is 10.8. The minimum Gasteiger partial charge on any atom is -0.397 e. The van der Waals surface area contributed by atoms with E-state index in [-0.39, 0.29) is 6.61 Å². The van der Waals surface area contributed by atoms with Gasteiger partial charge in [0.1, 0.15) is 11.3 Å². The number of aryl methyl sites for hydroxylation is 1. The van der Waals surface area contributed by atoms with E-state index in [9.17, 15) is 0 Å². The highest BCUT2D eigenvalue weighted by Crippen LogP contribution is 2.21. The van der Waals surface area contributed by atoms with Crippen molar-refractivity contribution in [3.8, 4) is 0 Å². The van der Waals surface area contributed by atoms with Gasteiger partial charge in [-0.05, 0) is 12.1 Å². The van der Waals surface area contributed by atoms with Gasteiger partial charge in [0.05, 0.1) is 17.8 Å². The van der Waals surface area contributed by atoms with Crippen LogP contribution in [0.15, 0.2) is 18.2 Å². The van der Waals surface area contributed by atoms with Crippen LogP contribution in [0, 0.1) is 0 Å². The molecule has 0 bridgehead atoms. The van der Waals surface area contributed by atoms with Gasteiger partial charge in [0, 0.05) is 13.0 Å². The van der Waals surface area contributed by atoms with Gasteiger partial charge in [0.25, 0.3) is 0 Å². The molecule has 3 N–H and O–H groups in total. The van der Waals surface area contributed by atoms with Crippen molar-refractivity contribution in [3.05, 3.63) is 24.0 Å². The Morgan fingerprint density at radius 2 is 2.27 bits per heavy atom. The van der Waals surface area contributed by atoms with Crippen LogP contribution in [-0.2, 0) is 13.0 Å². The molecule has 0 aliphatic rings. The number of hydrogen-bond acceptors (Lipinski definition) is 3. The number of nitrogens with two attached hydrogens (primary N) is 1. The molecule has 0 aliphatic carbocycles. The zero-order valence-electron chi connectivity index (χ0n) is 8.77. The van der Waals surface area contributed by atoms with Gasteiger partial charge in [-0.1, -0.05) is 13.0 Å². The Morgan fingerprint density at radius 3 is 2.93 bits per heavy atom. The van der Waals surface area contributed by atoms with Gasteiger partial charge in [0.2, 0.25) is 0 Å². The molecule has 0 fully saturated rings. The number of anilines is 1. The molecule has 1 heterocycles. The summed E-state index contributed by atoms with van der Waals surface area (Å²) in [7, 11) is 0. The van der Waals surface area contributed by atoms with Crippen molar-refractivity contribution in [1.82, 2.24) is 9.55 Å². The maximum atomic E-state index is 9.01. The lowest BCUT2D eigenvalue weighted by molar-refractivity contribution is 0.276. The van der Waals surface area contributed by atoms with Gasteiger partial charge < -0.3 is 15.4 Å². The van der Waals surface area contributed by atoms with Gasteiger partial charge in [0.15, 0.2) is 0 Å². The Labute approximate surface area is 88.3 Å². The lowest BCUT2D eigenvalue weighted by atomic mass is 10.3. The average Bonchev–Trinajstić information content (AvgIpc) is 2.59. The quantitative estimate of drug-likeness (QED) is 0.739. The fraction of sp³-hybridized carbons (Fsp3) is 0.364. The number of nitrogen functional groups attached to an aromatic ring is 1. The number of nitrogens with zero attached hydrogens (tertiary/aromatic N) is 2. The van der Waals surface area contributed by atoms with Gasteiger partial charge >= 0.3 is 0 Å². The Hall–Kier alpha value is -1.55. The van der Waals surface area contributed by atoms with Gasteiger partial charge in [-0.25, -0.2) is 4.98 Å². The Morgan fingerprint density at radius 1 is 1.47 bits per heavy atom. The van der Waals surface area contributed by atoms with Crippen LogP contribution in [0.2, 0.25) is 0 Å². The largest absolute Gasteiger partial charge is 0.397 e. The van der Waals surface area contributed by atoms with Crippen LogP contribution in [0.5, 0.6) is 0 Å². The van der Waals surface area contributed by atoms with E-state index in [0.717, 1.165) is 23.3 Å². The Kier molecular flexibility index (Phi) is 2.60. The second-order valence-corrected chi connectivity index (χ2v) is 3.47. The molecule has 0 atom stereocenters. The van der Waals surface area contributed by atoms with Gasteiger partial charge in [-0.2, -0.15) is 0 Å². The fourth-order valence-electron chi connectivity index (χ4n) is 1.84. The Balaban J connectivity index is 2.68. The second kappa shape index (κ2) is 3.90. The number of para-hydroxylation sites is 1. The van der Waals surface area contributed by atoms with E-state index >= 15 is 0 Å². The van der Waals surface area contributed by atoms with Crippen molar-refractivity contribution in [2.45, 2.75) is 19.9 Å². The molecule has 0 radical (unpaired) electrons. The minimum atomic E-state index is 0.118. The molecule has 4 heteroatoms. The molecule has 15 heavy (non-hydrogen) atoms. The summed E-state index contributed by atoms with van der Waals surface area (Å²) >= 11 is 0. The summed E-state index contributed by atoms with van der Waals surface area (Å²) in [4.78, 5) is 4.48. The van der Waals surface area contributed by atoms with E-state index in [2.05, 4.69) is 4.98 Å². The van der Waals surface area contributed by atoms with Gasteiger partial charge in [-0.3, -0.25) is 0 Å². The number of fused-ring (bicyclic) bond motifs is 1. The smallest absolute Gasteiger partial charge is 0.112 e. The summed E-state index contributed by atoms with van der Waals surface area (Å²) in [5.74, 6) is 0.969. The topological polar surface area (TPSA) is 64.1 Å². The third-order valence-corrected chi connectivity index (χ3v) is 2.53. The first-order valence-electron chi connectivity index (χ1n) is 5.12. The van der Waals surface area contributed by atoms with Crippen molar-refractivity contribution in [2.24, 2.45) is 0 Å². The second-order valence-electron chi connectivity index (χ2n) is 3.47. The van der Waals surface area contributed by atoms with Crippen LogP contribution in [0.3, 0.4) is 0 Å². The van der Waals surface area contributed by atoms with Crippen molar-refractivity contribution in [1.29, 1.82) is 0 Å². The van der Waals surface area contributed by atoms with Crippen molar-refractivity contribution >= 4 is 16.7 Å². The third-order valence-electron chi connectivity index (χ3n) is 2.53. The molecule has 0 spiro atoms. The number of benzene rings is 1. The molecule has 1 aromatic heterocycles. The van der Waals surface area contributed by atoms with E-state index in [0.29, 0.717) is 12.2 Å². The molecule has 2 aromatic rings. The first-order valence-corrected chi connectivity index (χ1v) is 5.12. The number of aliphatic hydroxyl groups is 1. The normalized spacial score (nSPS) is 11.1. The standard InChI is InChI=1S/C11H15N3O/c1-2-10-13-11-8(12)4-3-5-9(11)14(10)6-7-15/h3-5,15H,2,6-7,12H2,1H3. The van der Waals surface area contributed by atoms with E-state index in [1.165, 1.54) is 0 Å². The molecule has 1 aromatic carbocycles. The van der Waals surface area contributed by atoms with Crippen LogP contribution >= 0.6 is 0 Å². The average molecular weight is 205 g/mol. The van der Waals surface area contributed by atoms with E-state index < -0.39 is 0 Å². The Bertz CT molecular complexity index is 476. The van der Waals surface area contributed by atoms with Crippen LogP contribution in [0.25, 0.3) is 11.0 Å². The summed E-state index contributed by atoms with van der Waals surface area (Å²) in [5, 5.41) is 9.01. The zero-order valence-corrected chi connectivity index (χ0v) is 8.77. The van der Waals surface area contributed by atoms with E-state index in [4.69, 9.17) is 10.8 Å². The molecule has 4 nitrogen and oxygen atoms in total. The molecular weight excluding hydrogens is 190 g/mol. The first kappa shape index (κ1) is 9.98. The van der Waals surface area contributed by atoms with Crippen molar-refractivity contribution in [2.75, 3.05) is 12.3 Å². The SMILES string of the molecule is CCc1nc2c(N)cccc2n1CCO. The number of aromatic nitrogens is 2. The highest BCUT2D eigenvalue weighted by molar-refractivity contribution is 5.87. The maximum Gasteiger partial charge on any atom is 0.112 e. The first-order chi connectivity index (χ1) is 7.27. The lowest BCUT2D eigenvalue weighted by Crippen LogP contribution is -2.05. The number of hydrogen-bond donors (Lipinski definition) is 2. The summed E-state index contributed by atoms with van der Waals surface area (Å²) in [6, 6.07) is 5.73. The third kappa shape index (κ3) is 1.57. The van der Waals surface area contributed by atoms with Crippen LogP contribution in [-0.4, -0.2) is 21.3 Å². The monoisotopic (exact) mass is 205 g/mol. The molecular formula is C11H15N3O. The van der Waals surface area contributed by atoms with Crippen molar-refractivity contribution in [3.63, 3.8) is 0 Å². The number of imidazole rings is 1. The summed E-state index contributed by atoms with van der Waals surface area (Å²) in [6.45, 7) is 2.74. The molecule has 0 saturated heterocycles. The highest BCUT2D eigenvalue weighted by Gasteiger charge is 2.10. The molecule has 80 valence electrons.